The molecule has 0 aliphatic carbocycles. The smallest absolute Gasteiger partial charge is 0.257 e. The largest absolute Gasteiger partial charge is 0.322 e. The van der Waals surface area contributed by atoms with Crippen molar-refractivity contribution in [2.75, 3.05) is 10.6 Å². The molecular formula is C20H15N2O2. The van der Waals surface area contributed by atoms with Crippen LogP contribution in [0.4, 0.5) is 11.4 Å². The van der Waals surface area contributed by atoms with E-state index >= 15 is 0 Å². The highest BCUT2D eigenvalue weighted by molar-refractivity contribution is 6.12. The van der Waals surface area contributed by atoms with Crippen LogP contribution in [0, 0.1) is 6.07 Å². The fourth-order valence-corrected chi connectivity index (χ4v) is 2.24. The third-order valence-electron chi connectivity index (χ3n) is 3.43. The zero-order valence-corrected chi connectivity index (χ0v) is 12.8. The van der Waals surface area contributed by atoms with Gasteiger partial charge >= 0.3 is 0 Å². The van der Waals surface area contributed by atoms with Gasteiger partial charge in [0, 0.05) is 11.3 Å². The molecule has 0 unspecified atom stereocenters. The lowest BCUT2D eigenvalue weighted by atomic mass is 10.1. The van der Waals surface area contributed by atoms with Crippen LogP contribution in [-0.2, 0) is 0 Å². The first-order valence-corrected chi connectivity index (χ1v) is 7.47. The summed E-state index contributed by atoms with van der Waals surface area (Å²) < 4.78 is 0. The van der Waals surface area contributed by atoms with E-state index in [1.807, 2.05) is 6.07 Å². The summed E-state index contributed by atoms with van der Waals surface area (Å²) in [4.78, 5) is 24.8. The van der Waals surface area contributed by atoms with Gasteiger partial charge in [-0.1, -0.05) is 42.5 Å². The monoisotopic (exact) mass is 315 g/mol. The number of rotatable bonds is 4. The zero-order chi connectivity index (χ0) is 16.8. The average molecular weight is 315 g/mol. The van der Waals surface area contributed by atoms with Crippen molar-refractivity contribution in [1.82, 2.24) is 0 Å². The highest BCUT2D eigenvalue weighted by Gasteiger charge is 2.14. The van der Waals surface area contributed by atoms with E-state index in [1.165, 1.54) is 0 Å². The standard InChI is InChI=1S/C20H15N2O2/c23-19(15-9-3-1-4-10-15)22-18-14-8-7-13-17(18)20(24)21-16-11-5-2-6-12-16/h1,3-14H,(H,21,24)(H,22,23). The molecule has 0 saturated carbocycles. The van der Waals surface area contributed by atoms with E-state index in [0.717, 1.165) is 0 Å². The van der Waals surface area contributed by atoms with Gasteiger partial charge in [0.1, 0.15) is 0 Å². The Morgan fingerprint density at radius 3 is 2.12 bits per heavy atom. The summed E-state index contributed by atoms with van der Waals surface area (Å²) in [5.41, 5.74) is 2.07. The quantitative estimate of drug-likeness (QED) is 0.765. The molecule has 2 amide bonds. The van der Waals surface area contributed by atoms with Crippen molar-refractivity contribution >= 4 is 23.2 Å². The number of hydrogen-bond acceptors (Lipinski definition) is 2. The van der Waals surface area contributed by atoms with Crippen LogP contribution in [0.3, 0.4) is 0 Å². The predicted molar refractivity (Wildman–Crippen MR) is 94.1 cm³/mol. The summed E-state index contributed by atoms with van der Waals surface area (Å²) in [6.07, 6.45) is 0. The molecule has 0 heterocycles. The van der Waals surface area contributed by atoms with Gasteiger partial charge in [0.2, 0.25) is 0 Å². The first-order valence-electron chi connectivity index (χ1n) is 7.47. The van der Waals surface area contributed by atoms with Gasteiger partial charge < -0.3 is 10.6 Å². The van der Waals surface area contributed by atoms with Crippen molar-refractivity contribution in [3.05, 3.63) is 96.1 Å². The number of nitrogens with one attached hydrogen (secondary N) is 2. The van der Waals surface area contributed by atoms with Gasteiger partial charge in [0.25, 0.3) is 11.8 Å². The number of anilines is 2. The van der Waals surface area contributed by atoms with Crippen LogP contribution in [0.5, 0.6) is 0 Å². The zero-order valence-electron chi connectivity index (χ0n) is 12.8. The van der Waals surface area contributed by atoms with Gasteiger partial charge in [-0.15, -0.1) is 0 Å². The molecule has 0 atom stereocenters. The molecule has 1 radical (unpaired) electrons. The van der Waals surface area contributed by atoms with Crippen LogP contribution in [-0.4, -0.2) is 11.8 Å². The minimum Gasteiger partial charge on any atom is -0.322 e. The van der Waals surface area contributed by atoms with Gasteiger partial charge in [0.15, 0.2) is 0 Å². The van der Waals surface area contributed by atoms with Crippen molar-refractivity contribution in [3.63, 3.8) is 0 Å². The molecule has 4 nitrogen and oxygen atoms in total. The normalized spacial score (nSPS) is 10.0. The Balaban J connectivity index is 1.80. The maximum Gasteiger partial charge on any atom is 0.257 e. The second kappa shape index (κ2) is 7.24. The van der Waals surface area contributed by atoms with E-state index in [-0.39, 0.29) is 11.8 Å². The maximum atomic E-state index is 12.5. The Labute approximate surface area is 140 Å². The predicted octanol–water partition coefficient (Wildman–Crippen LogP) is 3.99. The Kier molecular flexibility index (Phi) is 4.68. The second-order valence-electron chi connectivity index (χ2n) is 5.11. The number of carbonyl (C=O) groups excluding carboxylic acids is 2. The van der Waals surface area contributed by atoms with E-state index in [9.17, 15) is 9.59 Å². The number of hydrogen-bond donors (Lipinski definition) is 2. The van der Waals surface area contributed by atoms with Crippen LogP contribution < -0.4 is 10.6 Å². The van der Waals surface area contributed by atoms with Crippen molar-refractivity contribution in [2.45, 2.75) is 0 Å². The van der Waals surface area contributed by atoms with Crippen molar-refractivity contribution in [2.24, 2.45) is 0 Å². The topological polar surface area (TPSA) is 58.2 Å². The van der Waals surface area contributed by atoms with E-state index in [2.05, 4.69) is 16.7 Å². The van der Waals surface area contributed by atoms with Crippen LogP contribution >= 0.6 is 0 Å². The molecule has 0 aliphatic rings. The summed E-state index contributed by atoms with van der Waals surface area (Å²) in [6.45, 7) is 0. The van der Waals surface area contributed by atoms with Gasteiger partial charge in [-0.05, 0) is 42.5 Å². The van der Waals surface area contributed by atoms with E-state index in [0.29, 0.717) is 22.5 Å². The van der Waals surface area contributed by atoms with Gasteiger partial charge in [-0.2, -0.15) is 0 Å². The Morgan fingerprint density at radius 2 is 1.38 bits per heavy atom. The molecule has 0 aromatic heterocycles. The molecular weight excluding hydrogens is 300 g/mol. The molecule has 3 rings (SSSR count). The number of amides is 2. The minimum atomic E-state index is -0.287. The summed E-state index contributed by atoms with van der Waals surface area (Å²) in [5, 5.41) is 5.59. The SMILES string of the molecule is O=C(Nc1ccccc1C(=O)Nc1cc[c]cc1)c1ccccc1. The van der Waals surface area contributed by atoms with E-state index < -0.39 is 0 Å². The van der Waals surface area contributed by atoms with Crippen molar-refractivity contribution in [3.8, 4) is 0 Å². The number of benzene rings is 3. The molecule has 3 aromatic carbocycles. The minimum absolute atomic E-state index is 0.259. The second-order valence-corrected chi connectivity index (χ2v) is 5.11. The first-order chi connectivity index (χ1) is 11.7. The Morgan fingerprint density at radius 1 is 0.708 bits per heavy atom. The van der Waals surface area contributed by atoms with Crippen LogP contribution in [0.15, 0.2) is 78.9 Å². The number of carbonyl (C=O) groups is 2. The van der Waals surface area contributed by atoms with Crippen molar-refractivity contribution < 1.29 is 9.59 Å². The molecule has 117 valence electrons. The lowest BCUT2D eigenvalue weighted by Gasteiger charge is -2.11. The van der Waals surface area contributed by atoms with Crippen LogP contribution in [0.1, 0.15) is 20.7 Å². The highest BCUT2D eigenvalue weighted by Crippen LogP contribution is 2.18. The van der Waals surface area contributed by atoms with Gasteiger partial charge in [-0.25, -0.2) is 0 Å². The van der Waals surface area contributed by atoms with Crippen LogP contribution in [0.25, 0.3) is 0 Å². The lowest BCUT2D eigenvalue weighted by Crippen LogP contribution is -2.18. The summed E-state index contributed by atoms with van der Waals surface area (Å²) in [6, 6.07) is 25.6. The third-order valence-corrected chi connectivity index (χ3v) is 3.43. The summed E-state index contributed by atoms with van der Waals surface area (Å²) in [5.74, 6) is -0.546. The molecule has 0 bridgehead atoms. The lowest BCUT2D eigenvalue weighted by molar-refractivity contribution is 0.102. The summed E-state index contributed by atoms with van der Waals surface area (Å²) >= 11 is 0. The van der Waals surface area contributed by atoms with E-state index in [4.69, 9.17) is 0 Å². The fourth-order valence-electron chi connectivity index (χ4n) is 2.24. The van der Waals surface area contributed by atoms with E-state index in [1.54, 1.807) is 72.8 Å². The third kappa shape index (κ3) is 3.67. The molecule has 24 heavy (non-hydrogen) atoms. The average Bonchev–Trinajstić information content (AvgIpc) is 2.63. The maximum absolute atomic E-state index is 12.5. The van der Waals surface area contributed by atoms with Gasteiger partial charge in [-0.3, -0.25) is 9.59 Å². The first kappa shape index (κ1) is 15.5. The fraction of sp³-hybridized carbons (Fsp3) is 0. The van der Waals surface area contributed by atoms with Crippen LogP contribution in [0.2, 0.25) is 0 Å². The molecule has 0 aliphatic heterocycles. The molecule has 0 saturated heterocycles. The van der Waals surface area contributed by atoms with Crippen molar-refractivity contribution in [1.29, 1.82) is 0 Å². The van der Waals surface area contributed by atoms with Gasteiger partial charge in [0.05, 0.1) is 11.3 Å². The Bertz CT molecular complexity index is 846. The molecule has 2 N–H and O–H groups in total. The summed E-state index contributed by atoms with van der Waals surface area (Å²) in [7, 11) is 0. The molecule has 0 fully saturated rings. The molecule has 3 aromatic rings. The molecule has 0 spiro atoms. The highest BCUT2D eigenvalue weighted by atomic mass is 16.2. The Hall–Kier alpha value is -3.40. The molecule has 4 heteroatoms. The number of para-hydroxylation sites is 1.